The number of carbonyl (C=O) groups is 3. The zero-order valence-corrected chi connectivity index (χ0v) is 16.0. The lowest BCUT2D eigenvalue weighted by molar-refractivity contribution is -0.385. The molecule has 2 atom stereocenters. The number of allylic oxidation sites excluding steroid dienone is 2. The molecule has 2 aromatic rings. The minimum absolute atomic E-state index is 0.0595. The van der Waals surface area contributed by atoms with E-state index in [0.717, 1.165) is 10.0 Å². The van der Waals surface area contributed by atoms with Gasteiger partial charge >= 0.3 is 0 Å². The molecule has 0 saturated carbocycles. The van der Waals surface area contributed by atoms with Crippen LogP contribution in [0.5, 0.6) is 0 Å². The van der Waals surface area contributed by atoms with E-state index in [4.69, 9.17) is 0 Å². The number of amides is 3. The van der Waals surface area contributed by atoms with Crippen LogP contribution in [0, 0.1) is 22.0 Å². The van der Waals surface area contributed by atoms with Gasteiger partial charge in [0.2, 0.25) is 0 Å². The number of nitro benzene ring substituents is 1. The van der Waals surface area contributed by atoms with Crippen LogP contribution in [0.1, 0.15) is 28.8 Å². The van der Waals surface area contributed by atoms with Gasteiger partial charge in [-0.05, 0) is 24.5 Å². The summed E-state index contributed by atoms with van der Waals surface area (Å²) in [6, 6.07) is 14.4. The standard InChI is InChI=1S/C22H19N3O5/c26-20(18-12-6-7-13-19(18)25(29)30)23(14-15-8-2-1-3-9-15)24-21(27)16-10-4-5-11-17(16)22(24)28/h1-9,12-13,16-17H,10-11,14H2/t16-,17+. The number of fused-ring (bicyclic) bond motifs is 1. The molecule has 2 aliphatic rings. The molecule has 1 heterocycles. The van der Waals surface area contributed by atoms with E-state index in [1.165, 1.54) is 24.3 Å². The molecule has 2 aromatic carbocycles. The Bertz CT molecular complexity index is 1020. The molecule has 152 valence electrons. The maximum atomic E-state index is 13.4. The number of hydrazine groups is 1. The van der Waals surface area contributed by atoms with Crippen molar-refractivity contribution in [2.45, 2.75) is 19.4 Å². The van der Waals surface area contributed by atoms with Gasteiger partial charge < -0.3 is 0 Å². The zero-order chi connectivity index (χ0) is 21.3. The van der Waals surface area contributed by atoms with E-state index in [1.54, 1.807) is 24.3 Å². The summed E-state index contributed by atoms with van der Waals surface area (Å²) in [7, 11) is 0. The molecular formula is C22H19N3O5. The maximum Gasteiger partial charge on any atom is 0.282 e. The van der Waals surface area contributed by atoms with E-state index < -0.39 is 34.5 Å². The molecule has 1 saturated heterocycles. The fraction of sp³-hybridized carbons (Fsp3) is 0.227. The Morgan fingerprint density at radius 2 is 1.53 bits per heavy atom. The van der Waals surface area contributed by atoms with E-state index in [9.17, 15) is 24.5 Å². The first-order valence-corrected chi connectivity index (χ1v) is 9.61. The predicted molar refractivity (Wildman–Crippen MR) is 107 cm³/mol. The first-order chi connectivity index (χ1) is 14.5. The number of nitro groups is 1. The number of imide groups is 1. The molecule has 0 radical (unpaired) electrons. The van der Waals surface area contributed by atoms with Crippen LogP contribution in [0.2, 0.25) is 0 Å². The summed E-state index contributed by atoms with van der Waals surface area (Å²) in [5.74, 6) is -2.69. The quantitative estimate of drug-likeness (QED) is 0.329. The van der Waals surface area contributed by atoms with Crippen LogP contribution in [0.3, 0.4) is 0 Å². The number of para-hydroxylation sites is 1. The largest absolute Gasteiger partial charge is 0.282 e. The van der Waals surface area contributed by atoms with Crippen molar-refractivity contribution in [3.05, 3.63) is 88.0 Å². The second-order valence-corrected chi connectivity index (χ2v) is 7.27. The third-order valence-electron chi connectivity index (χ3n) is 5.47. The summed E-state index contributed by atoms with van der Waals surface area (Å²) in [6.45, 7) is -0.0595. The van der Waals surface area contributed by atoms with E-state index in [0.29, 0.717) is 18.4 Å². The first-order valence-electron chi connectivity index (χ1n) is 9.61. The summed E-state index contributed by atoms with van der Waals surface area (Å²) in [4.78, 5) is 50.4. The number of carbonyl (C=O) groups excluding carboxylic acids is 3. The molecule has 0 N–H and O–H groups in total. The molecule has 30 heavy (non-hydrogen) atoms. The van der Waals surface area contributed by atoms with E-state index >= 15 is 0 Å². The summed E-state index contributed by atoms with van der Waals surface area (Å²) in [5.41, 5.74) is 0.142. The van der Waals surface area contributed by atoms with E-state index in [2.05, 4.69) is 0 Å². The summed E-state index contributed by atoms with van der Waals surface area (Å²) < 4.78 is 0. The average Bonchev–Trinajstić information content (AvgIpc) is 3.03. The van der Waals surface area contributed by atoms with Crippen LogP contribution in [-0.4, -0.2) is 32.7 Å². The number of rotatable bonds is 5. The second kappa shape index (κ2) is 7.90. The second-order valence-electron chi connectivity index (χ2n) is 7.27. The number of nitrogens with zero attached hydrogens (tertiary/aromatic N) is 3. The van der Waals surface area contributed by atoms with E-state index in [1.807, 2.05) is 18.2 Å². The Balaban J connectivity index is 1.76. The van der Waals surface area contributed by atoms with Gasteiger partial charge in [-0.2, -0.15) is 5.01 Å². The van der Waals surface area contributed by atoms with Gasteiger partial charge in [0.15, 0.2) is 0 Å². The molecule has 3 amide bonds. The summed E-state index contributed by atoms with van der Waals surface area (Å²) in [6.07, 6.45) is 4.59. The molecule has 0 bridgehead atoms. The molecule has 0 aromatic heterocycles. The third kappa shape index (κ3) is 3.36. The van der Waals surface area contributed by atoms with Gasteiger partial charge in [-0.1, -0.05) is 54.6 Å². The van der Waals surface area contributed by atoms with Gasteiger partial charge in [0, 0.05) is 6.07 Å². The zero-order valence-electron chi connectivity index (χ0n) is 16.0. The first kappa shape index (κ1) is 19.5. The molecule has 1 aliphatic heterocycles. The Hall–Kier alpha value is -3.81. The minimum Gasteiger partial charge on any atom is -0.272 e. The Morgan fingerprint density at radius 3 is 2.13 bits per heavy atom. The topological polar surface area (TPSA) is 101 Å². The van der Waals surface area contributed by atoms with Crippen molar-refractivity contribution in [1.82, 2.24) is 10.0 Å². The Kier molecular flexibility index (Phi) is 5.14. The SMILES string of the molecule is O=C(c1ccccc1[N+](=O)[O-])N(Cc1ccccc1)N1C(=O)[C@H]2CC=CC[C@H]2C1=O. The van der Waals surface area contributed by atoms with Crippen LogP contribution in [0.15, 0.2) is 66.7 Å². The molecule has 0 spiro atoms. The maximum absolute atomic E-state index is 13.4. The molecule has 4 rings (SSSR count). The lowest BCUT2D eigenvalue weighted by Gasteiger charge is -2.30. The van der Waals surface area contributed by atoms with Crippen molar-refractivity contribution in [3.8, 4) is 0 Å². The minimum atomic E-state index is -0.764. The van der Waals surface area contributed by atoms with Crippen molar-refractivity contribution in [3.63, 3.8) is 0 Å². The Morgan fingerprint density at radius 1 is 0.967 bits per heavy atom. The molecule has 1 fully saturated rings. The van der Waals surface area contributed by atoms with Crippen LogP contribution < -0.4 is 0 Å². The summed E-state index contributed by atoms with van der Waals surface area (Å²) in [5, 5.41) is 13.4. The van der Waals surface area contributed by atoms with Gasteiger partial charge in [0.05, 0.1) is 23.3 Å². The average molecular weight is 405 g/mol. The normalized spacial score (nSPS) is 20.2. The molecule has 8 nitrogen and oxygen atoms in total. The Labute approximate surface area is 172 Å². The fourth-order valence-corrected chi connectivity index (χ4v) is 3.96. The van der Waals surface area contributed by atoms with Crippen LogP contribution in [0.4, 0.5) is 5.69 Å². The number of hydrogen-bond donors (Lipinski definition) is 0. The fourth-order valence-electron chi connectivity index (χ4n) is 3.96. The lowest BCUT2D eigenvalue weighted by Crippen LogP contribution is -2.49. The monoisotopic (exact) mass is 405 g/mol. The highest BCUT2D eigenvalue weighted by molar-refractivity contribution is 6.08. The number of hydrogen-bond acceptors (Lipinski definition) is 5. The van der Waals surface area contributed by atoms with Gasteiger partial charge in [-0.25, -0.2) is 5.01 Å². The van der Waals surface area contributed by atoms with E-state index in [-0.39, 0.29) is 17.8 Å². The highest BCUT2D eigenvalue weighted by Crippen LogP contribution is 2.37. The van der Waals surface area contributed by atoms with Crippen molar-refractivity contribution in [2.24, 2.45) is 11.8 Å². The van der Waals surface area contributed by atoms with Gasteiger partial charge in [0.1, 0.15) is 5.56 Å². The van der Waals surface area contributed by atoms with Crippen molar-refractivity contribution < 1.29 is 19.3 Å². The lowest BCUT2D eigenvalue weighted by atomic mass is 9.85. The smallest absolute Gasteiger partial charge is 0.272 e. The molecular weight excluding hydrogens is 386 g/mol. The van der Waals surface area contributed by atoms with Crippen molar-refractivity contribution >= 4 is 23.4 Å². The molecule has 0 unspecified atom stereocenters. The highest BCUT2D eigenvalue weighted by atomic mass is 16.6. The van der Waals surface area contributed by atoms with Crippen molar-refractivity contribution in [2.75, 3.05) is 0 Å². The third-order valence-corrected chi connectivity index (χ3v) is 5.47. The van der Waals surface area contributed by atoms with Crippen LogP contribution in [0.25, 0.3) is 0 Å². The number of benzene rings is 2. The van der Waals surface area contributed by atoms with Gasteiger partial charge in [0.25, 0.3) is 23.4 Å². The van der Waals surface area contributed by atoms with Gasteiger partial charge in [-0.3, -0.25) is 24.5 Å². The molecule has 1 aliphatic carbocycles. The van der Waals surface area contributed by atoms with Gasteiger partial charge in [-0.15, -0.1) is 0 Å². The summed E-state index contributed by atoms with van der Waals surface area (Å²) >= 11 is 0. The predicted octanol–water partition coefficient (Wildman–Crippen LogP) is 3.10. The molecule has 8 heteroatoms. The van der Waals surface area contributed by atoms with Crippen LogP contribution >= 0.6 is 0 Å². The van der Waals surface area contributed by atoms with Crippen molar-refractivity contribution in [1.29, 1.82) is 0 Å². The van der Waals surface area contributed by atoms with Crippen LogP contribution in [-0.2, 0) is 16.1 Å². The highest BCUT2D eigenvalue weighted by Gasteiger charge is 2.51.